The number of hydrogen-bond acceptors (Lipinski definition) is 2. The van der Waals surface area contributed by atoms with Gasteiger partial charge in [0.15, 0.2) is 0 Å². The average molecular weight is 241 g/mol. The number of Topliss-reactive ketones (excluding diaryl/α,β-unsaturated/α-hetero) is 1. The van der Waals surface area contributed by atoms with Crippen LogP contribution in [0, 0.1) is 11.0 Å². The lowest BCUT2D eigenvalue weighted by atomic mass is 10.0. The molecule has 3 nitrogen and oxygen atoms in total. The zero-order valence-corrected chi connectivity index (χ0v) is 9.26. The van der Waals surface area contributed by atoms with Gasteiger partial charge in [-0.1, -0.05) is 24.3 Å². The molecule has 0 radical (unpaired) electrons. The van der Waals surface area contributed by atoms with E-state index in [0.29, 0.717) is 10.3 Å². The maximum Gasteiger partial charge on any atom is 0.273 e. The molecule has 0 fully saturated rings. The van der Waals surface area contributed by atoms with E-state index in [9.17, 15) is 14.4 Å². The summed E-state index contributed by atoms with van der Waals surface area (Å²) in [6, 6.07) is 12.6. The van der Waals surface area contributed by atoms with E-state index in [1.54, 1.807) is 30.3 Å². The molecule has 3 rings (SSSR count). The third-order valence-corrected chi connectivity index (χ3v) is 2.90. The highest BCUT2D eigenvalue weighted by Crippen LogP contribution is 2.29. The van der Waals surface area contributed by atoms with Crippen LogP contribution in [0.15, 0.2) is 48.5 Å². The Kier molecular flexibility index (Phi) is 2.23. The topological polar surface area (TPSA) is 43.1 Å². The molecule has 0 saturated heterocycles. The first-order valence-electron chi connectivity index (χ1n) is 5.43. The molecule has 0 unspecified atom stereocenters. The third-order valence-electron chi connectivity index (χ3n) is 2.90. The number of hydrogen-bond donors (Lipinski definition) is 0. The summed E-state index contributed by atoms with van der Waals surface area (Å²) < 4.78 is 14.1. The Balaban J connectivity index is 2.24. The average Bonchev–Trinajstić information content (AvgIpc) is 2.64. The first-order valence-corrected chi connectivity index (χ1v) is 5.43. The molecule has 1 aliphatic heterocycles. The highest BCUT2D eigenvalue weighted by atomic mass is 19.1. The van der Waals surface area contributed by atoms with Gasteiger partial charge in [0.25, 0.3) is 11.5 Å². The zero-order valence-electron chi connectivity index (χ0n) is 9.26. The van der Waals surface area contributed by atoms with Gasteiger partial charge in [0.2, 0.25) is 5.69 Å². The van der Waals surface area contributed by atoms with Gasteiger partial charge < -0.3 is 5.21 Å². The predicted octanol–water partition coefficient (Wildman–Crippen LogP) is 2.65. The van der Waals surface area contributed by atoms with Gasteiger partial charge in [0, 0.05) is 6.07 Å². The van der Waals surface area contributed by atoms with Gasteiger partial charge >= 0.3 is 0 Å². The van der Waals surface area contributed by atoms with E-state index in [-0.39, 0.29) is 17.0 Å². The van der Waals surface area contributed by atoms with Crippen molar-refractivity contribution in [1.29, 1.82) is 0 Å². The molecule has 0 saturated carbocycles. The molecular weight excluding hydrogens is 233 g/mol. The summed E-state index contributed by atoms with van der Waals surface area (Å²) in [7, 11) is 0. The molecule has 88 valence electrons. The molecule has 0 N–H and O–H groups in total. The van der Waals surface area contributed by atoms with Crippen molar-refractivity contribution < 1.29 is 13.9 Å². The van der Waals surface area contributed by atoms with Crippen LogP contribution in [-0.2, 0) is 0 Å². The first-order chi connectivity index (χ1) is 8.70. The summed E-state index contributed by atoms with van der Waals surface area (Å²) in [6.45, 7) is 0. The van der Waals surface area contributed by atoms with Crippen molar-refractivity contribution >= 4 is 17.2 Å². The lowest BCUT2D eigenvalue weighted by Crippen LogP contribution is -2.16. The van der Waals surface area contributed by atoms with Gasteiger partial charge in [-0.25, -0.2) is 4.39 Å². The Bertz CT molecular complexity index is 677. The fourth-order valence-corrected chi connectivity index (χ4v) is 2.08. The maximum atomic E-state index is 13.6. The quantitative estimate of drug-likeness (QED) is 0.569. The second-order valence-corrected chi connectivity index (χ2v) is 3.97. The lowest BCUT2D eigenvalue weighted by Gasteiger charge is -2.01. The van der Waals surface area contributed by atoms with Crippen molar-refractivity contribution in [2.45, 2.75) is 0 Å². The van der Waals surface area contributed by atoms with E-state index in [4.69, 9.17) is 0 Å². The van der Waals surface area contributed by atoms with Crippen LogP contribution in [0.5, 0.6) is 0 Å². The van der Waals surface area contributed by atoms with E-state index < -0.39 is 11.6 Å². The summed E-state index contributed by atoms with van der Waals surface area (Å²) in [6.07, 6.45) is 0. The van der Waals surface area contributed by atoms with E-state index in [2.05, 4.69) is 0 Å². The van der Waals surface area contributed by atoms with Gasteiger partial charge in [-0.15, -0.1) is 0 Å². The molecule has 0 aromatic heterocycles. The largest absolute Gasteiger partial charge is 0.618 e. The lowest BCUT2D eigenvalue weighted by molar-refractivity contribution is -0.355. The number of ketones is 1. The van der Waals surface area contributed by atoms with Crippen LogP contribution in [0.3, 0.4) is 0 Å². The molecule has 1 aliphatic rings. The summed E-state index contributed by atoms with van der Waals surface area (Å²) in [5.74, 6) is -1.23. The first kappa shape index (κ1) is 10.7. The van der Waals surface area contributed by atoms with Crippen molar-refractivity contribution in [3.8, 4) is 0 Å². The third kappa shape index (κ3) is 1.35. The fraction of sp³-hybridized carbons (Fsp3) is 0. The van der Waals surface area contributed by atoms with Gasteiger partial charge in [0.05, 0.1) is 5.56 Å². The van der Waals surface area contributed by atoms with Crippen LogP contribution in [0.1, 0.15) is 15.9 Å². The van der Waals surface area contributed by atoms with E-state index in [0.717, 1.165) is 0 Å². The van der Waals surface area contributed by atoms with Crippen molar-refractivity contribution in [2.24, 2.45) is 0 Å². The number of nitrogens with zero attached hydrogens (tertiary/aromatic N) is 1. The Morgan fingerprint density at radius 2 is 1.72 bits per heavy atom. The minimum absolute atomic E-state index is 0.0318. The summed E-state index contributed by atoms with van der Waals surface area (Å²) >= 11 is 0. The molecule has 0 atom stereocenters. The molecule has 1 heterocycles. The number of carbonyl (C=O) groups excluding carboxylic acids is 1. The molecule has 2 aromatic rings. The van der Waals surface area contributed by atoms with Crippen molar-refractivity contribution in [2.75, 3.05) is 0 Å². The predicted molar refractivity (Wildman–Crippen MR) is 64.6 cm³/mol. The summed E-state index contributed by atoms with van der Waals surface area (Å²) in [4.78, 5) is 12.1. The Morgan fingerprint density at radius 1 is 1.00 bits per heavy atom. The Hall–Kier alpha value is -2.49. The highest BCUT2D eigenvalue weighted by molar-refractivity contribution is 6.52. The van der Waals surface area contributed by atoms with Crippen LogP contribution in [-0.4, -0.2) is 16.2 Å². The van der Waals surface area contributed by atoms with E-state index in [1.165, 1.54) is 18.2 Å². The maximum absolute atomic E-state index is 13.6. The number of rotatable bonds is 1. The summed E-state index contributed by atoms with van der Waals surface area (Å²) in [5.41, 5.74) is 0.383. The minimum atomic E-state index is -0.663. The second kappa shape index (κ2) is 3.77. The highest BCUT2D eigenvalue weighted by Gasteiger charge is 2.38. The van der Waals surface area contributed by atoms with Gasteiger partial charge in [-0.3, -0.25) is 4.79 Å². The second-order valence-electron chi connectivity index (χ2n) is 3.97. The molecular formula is C14H8FNO2. The standard InChI is InChI=1S/C14H8FNO2/c15-10-7-4-8-11-12(10)14(17)13(16(11)18)9-5-2-1-3-6-9/h1-8H. The molecule has 0 spiro atoms. The van der Waals surface area contributed by atoms with Crippen LogP contribution < -0.4 is 0 Å². The van der Waals surface area contributed by atoms with Crippen LogP contribution in [0.25, 0.3) is 0 Å². The molecule has 0 aliphatic carbocycles. The zero-order chi connectivity index (χ0) is 12.7. The Labute approximate surface area is 102 Å². The van der Waals surface area contributed by atoms with Gasteiger partial charge in [0.1, 0.15) is 11.4 Å². The van der Waals surface area contributed by atoms with E-state index >= 15 is 0 Å². The van der Waals surface area contributed by atoms with Crippen LogP contribution >= 0.6 is 0 Å². The van der Waals surface area contributed by atoms with Crippen molar-refractivity contribution in [3.05, 3.63) is 70.7 Å². The number of fused-ring (bicyclic) bond motifs is 1. The molecule has 2 aromatic carbocycles. The molecule has 4 heteroatoms. The number of carbonyl (C=O) groups is 1. The van der Waals surface area contributed by atoms with Crippen LogP contribution in [0.2, 0.25) is 0 Å². The Morgan fingerprint density at radius 3 is 2.39 bits per heavy atom. The van der Waals surface area contributed by atoms with Crippen molar-refractivity contribution in [3.63, 3.8) is 0 Å². The molecule has 0 bridgehead atoms. The fourth-order valence-electron chi connectivity index (χ4n) is 2.08. The summed E-state index contributed by atoms with van der Waals surface area (Å²) in [5, 5.41) is 12.1. The van der Waals surface area contributed by atoms with Gasteiger partial charge in [-0.2, -0.15) is 4.74 Å². The number of benzene rings is 2. The van der Waals surface area contributed by atoms with Crippen molar-refractivity contribution in [1.82, 2.24) is 0 Å². The molecule has 18 heavy (non-hydrogen) atoms. The smallest absolute Gasteiger partial charge is 0.273 e. The minimum Gasteiger partial charge on any atom is -0.618 e. The number of halogens is 1. The normalized spacial score (nSPS) is 13.9. The monoisotopic (exact) mass is 241 g/mol. The van der Waals surface area contributed by atoms with E-state index in [1.807, 2.05) is 0 Å². The van der Waals surface area contributed by atoms with Crippen LogP contribution in [0.4, 0.5) is 10.1 Å². The SMILES string of the molecule is O=C1C(c2ccccc2)=[N+]([O-])c2cccc(F)c21. The van der Waals surface area contributed by atoms with Gasteiger partial charge in [-0.05, 0) is 18.2 Å². The molecule has 0 amide bonds.